The second-order valence-corrected chi connectivity index (χ2v) is 5.22. The molecule has 0 unspecified atom stereocenters. The molecule has 0 aliphatic heterocycles. The first kappa shape index (κ1) is 16.5. The van der Waals surface area contributed by atoms with Crippen LogP contribution in [0.4, 0.5) is 11.4 Å². The second kappa shape index (κ2) is 7.45. The highest BCUT2D eigenvalue weighted by molar-refractivity contribution is 6.01. The minimum atomic E-state index is -0.258. The van der Waals surface area contributed by atoms with E-state index in [1.165, 1.54) is 11.8 Å². The molecule has 5 nitrogen and oxygen atoms in total. The third kappa shape index (κ3) is 4.57. The van der Waals surface area contributed by atoms with Crippen LogP contribution in [0.25, 0.3) is 0 Å². The monoisotopic (exact) mass is 312 g/mol. The molecule has 0 atom stereocenters. The number of methoxy groups -OCH3 is 1. The van der Waals surface area contributed by atoms with Gasteiger partial charge in [0.25, 0.3) is 0 Å². The van der Waals surface area contributed by atoms with Crippen LogP contribution in [0.1, 0.15) is 12.5 Å². The largest absolute Gasteiger partial charge is 0.497 e. The van der Waals surface area contributed by atoms with E-state index in [0.29, 0.717) is 17.1 Å². The molecule has 0 bridgehead atoms. The molecule has 0 saturated heterocycles. The van der Waals surface area contributed by atoms with Gasteiger partial charge in [-0.1, -0.05) is 17.7 Å². The summed E-state index contributed by atoms with van der Waals surface area (Å²) in [5, 5.41) is 2.77. The van der Waals surface area contributed by atoms with Gasteiger partial charge >= 0.3 is 0 Å². The van der Waals surface area contributed by atoms with Crippen molar-refractivity contribution in [1.29, 1.82) is 0 Å². The van der Waals surface area contributed by atoms with E-state index >= 15 is 0 Å². The molecule has 1 N–H and O–H groups in total. The van der Waals surface area contributed by atoms with Gasteiger partial charge in [-0.2, -0.15) is 0 Å². The van der Waals surface area contributed by atoms with Crippen molar-refractivity contribution in [3.8, 4) is 5.75 Å². The van der Waals surface area contributed by atoms with E-state index in [1.807, 2.05) is 31.2 Å². The lowest BCUT2D eigenvalue weighted by molar-refractivity contribution is -0.120. The molecular formula is C18H20N2O3. The van der Waals surface area contributed by atoms with E-state index < -0.39 is 0 Å². The van der Waals surface area contributed by atoms with Crippen molar-refractivity contribution >= 4 is 23.2 Å². The fraction of sp³-hybridized carbons (Fsp3) is 0.222. The molecule has 5 heteroatoms. The molecule has 0 aromatic heterocycles. The third-order valence-electron chi connectivity index (χ3n) is 3.40. The maximum absolute atomic E-state index is 12.2. The predicted molar refractivity (Wildman–Crippen MR) is 90.8 cm³/mol. The van der Waals surface area contributed by atoms with Crippen LogP contribution in [0.2, 0.25) is 0 Å². The maximum Gasteiger partial charge on any atom is 0.244 e. The first-order chi connectivity index (χ1) is 11.0. The molecule has 2 rings (SSSR count). The molecule has 0 saturated carbocycles. The molecule has 0 aliphatic carbocycles. The third-order valence-corrected chi connectivity index (χ3v) is 3.40. The number of aryl methyl sites for hydroxylation is 1. The van der Waals surface area contributed by atoms with E-state index in [4.69, 9.17) is 4.74 Å². The number of carbonyl (C=O) groups excluding carboxylic acids is 2. The van der Waals surface area contributed by atoms with Crippen LogP contribution < -0.4 is 15.0 Å². The molecule has 0 fully saturated rings. The smallest absolute Gasteiger partial charge is 0.244 e. The highest BCUT2D eigenvalue weighted by Crippen LogP contribution is 2.17. The number of hydrogen-bond acceptors (Lipinski definition) is 3. The lowest BCUT2D eigenvalue weighted by Gasteiger charge is -2.21. The Labute approximate surface area is 135 Å². The zero-order valence-electron chi connectivity index (χ0n) is 13.5. The van der Waals surface area contributed by atoms with Gasteiger partial charge in [-0.15, -0.1) is 0 Å². The number of hydrogen-bond donors (Lipinski definition) is 1. The zero-order chi connectivity index (χ0) is 16.8. The predicted octanol–water partition coefficient (Wildman–Crippen LogP) is 3.00. The normalized spacial score (nSPS) is 10.0. The zero-order valence-corrected chi connectivity index (χ0v) is 13.5. The van der Waals surface area contributed by atoms with E-state index in [-0.39, 0.29) is 18.4 Å². The van der Waals surface area contributed by atoms with Crippen molar-refractivity contribution in [2.45, 2.75) is 13.8 Å². The Hall–Kier alpha value is -2.82. The molecule has 2 aromatic rings. The van der Waals surface area contributed by atoms with Crippen molar-refractivity contribution in [3.63, 3.8) is 0 Å². The van der Waals surface area contributed by atoms with Crippen molar-refractivity contribution in [1.82, 2.24) is 0 Å². The Bertz CT molecular complexity index is 678. The number of rotatable bonds is 5. The highest BCUT2D eigenvalue weighted by atomic mass is 16.5. The Morgan fingerprint density at radius 3 is 2.17 bits per heavy atom. The lowest BCUT2D eigenvalue weighted by Crippen LogP contribution is -2.36. The fourth-order valence-electron chi connectivity index (χ4n) is 2.13. The number of benzene rings is 2. The molecule has 2 aromatic carbocycles. The van der Waals surface area contributed by atoms with Crippen LogP contribution in [-0.2, 0) is 9.59 Å². The first-order valence-electron chi connectivity index (χ1n) is 7.28. The van der Waals surface area contributed by atoms with Crippen molar-refractivity contribution in [2.75, 3.05) is 23.9 Å². The summed E-state index contributed by atoms with van der Waals surface area (Å²) in [5.74, 6) is 0.276. The summed E-state index contributed by atoms with van der Waals surface area (Å²) in [6.45, 7) is 3.38. The summed E-state index contributed by atoms with van der Waals surface area (Å²) < 4.78 is 5.07. The fourth-order valence-corrected chi connectivity index (χ4v) is 2.13. The molecule has 0 heterocycles. The van der Waals surface area contributed by atoms with Gasteiger partial charge in [0, 0.05) is 18.3 Å². The van der Waals surface area contributed by atoms with Crippen molar-refractivity contribution in [2.24, 2.45) is 0 Å². The Morgan fingerprint density at radius 2 is 1.65 bits per heavy atom. The molecule has 120 valence electrons. The van der Waals surface area contributed by atoms with Crippen molar-refractivity contribution < 1.29 is 14.3 Å². The minimum absolute atomic E-state index is 0.0373. The topological polar surface area (TPSA) is 58.6 Å². The summed E-state index contributed by atoms with van der Waals surface area (Å²) in [7, 11) is 1.58. The molecule has 0 radical (unpaired) electrons. The molecular weight excluding hydrogens is 292 g/mol. The summed E-state index contributed by atoms with van der Waals surface area (Å²) in [6, 6.07) is 14.5. The first-order valence-corrected chi connectivity index (χ1v) is 7.28. The van der Waals surface area contributed by atoms with Crippen LogP contribution >= 0.6 is 0 Å². The quantitative estimate of drug-likeness (QED) is 0.923. The SMILES string of the molecule is COc1ccc(NC(=O)CN(C(C)=O)c2ccc(C)cc2)cc1. The van der Waals surface area contributed by atoms with Gasteiger partial charge in [0.2, 0.25) is 11.8 Å². The number of nitrogens with one attached hydrogen (secondary N) is 1. The summed E-state index contributed by atoms with van der Waals surface area (Å²) in [4.78, 5) is 25.5. The number of anilines is 2. The number of amides is 2. The number of carbonyl (C=O) groups is 2. The van der Waals surface area contributed by atoms with Crippen LogP contribution in [0.15, 0.2) is 48.5 Å². The summed E-state index contributed by atoms with van der Waals surface area (Å²) in [5.41, 5.74) is 2.45. The standard InChI is InChI=1S/C18H20N2O3/c1-13-4-8-16(9-5-13)20(14(2)21)12-18(22)19-15-6-10-17(23-3)11-7-15/h4-11H,12H2,1-3H3,(H,19,22). The van der Waals surface area contributed by atoms with Gasteiger partial charge in [-0.3, -0.25) is 9.59 Å². The van der Waals surface area contributed by atoms with Gasteiger partial charge in [0.05, 0.1) is 7.11 Å². The number of nitrogens with zero attached hydrogens (tertiary/aromatic N) is 1. The number of ether oxygens (including phenoxy) is 1. The average Bonchev–Trinajstić information content (AvgIpc) is 2.54. The summed E-state index contributed by atoms with van der Waals surface area (Å²) >= 11 is 0. The maximum atomic E-state index is 12.2. The van der Waals surface area contributed by atoms with E-state index in [9.17, 15) is 9.59 Å². The van der Waals surface area contributed by atoms with Crippen molar-refractivity contribution in [3.05, 3.63) is 54.1 Å². The highest BCUT2D eigenvalue weighted by Gasteiger charge is 2.15. The Kier molecular flexibility index (Phi) is 5.36. The van der Waals surface area contributed by atoms with Crippen LogP contribution in [0, 0.1) is 6.92 Å². The molecule has 0 spiro atoms. The molecule has 0 aliphatic rings. The van der Waals surface area contributed by atoms with Gasteiger partial charge in [-0.05, 0) is 43.3 Å². The van der Waals surface area contributed by atoms with Crippen LogP contribution in [-0.4, -0.2) is 25.5 Å². The molecule has 2 amide bonds. The molecule has 23 heavy (non-hydrogen) atoms. The lowest BCUT2D eigenvalue weighted by atomic mass is 10.2. The minimum Gasteiger partial charge on any atom is -0.497 e. The summed E-state index contributed by atoms with van der Waals surface area (Å²) in [6.07, 6.45) is 0. The van der Waals surface area contributed by atoms with E-state index in [0.717, 1.165) is 5.56 Å². The van der Waals surface area contributed by atoms with E-state index in [2.05, 4.69) is 5.32 Å². The van der Waals surface area contributed by atoms with Gasteiger partial charge < -0.3 is 15.0 Å². The average molecular weight is 312 g/mol. The van der Waals surface area contributed by atoms with Gasteiger partial charge in [-0.25, -0.2) is 0 Å². The Balaban J connectivity index is 2.05. The Morgan fingerprint density at radius 1 is 1.04 bits per heavy atom. The van der Waals surface area contributed by atoms with Gasteiger partial charge in [0.15, 0.2) is 0 Å². The second-order valence-electron chi connectivity index (χ2n) is 5.22. The van der Waals surface area contributed by atoms with Gasteiger partial charge in [0.1, 0.15) is 12.3 Å². The van der Waals surface area contributed by atoms with Crippen LogP contribution in [0.3, 0.4) is 0 Å². The van der Waals surface area contributed by atoms with E-state index in [1.54, 1.807) is 31.4 Å². The van der Waals surface area contributed by atoms with Crippen LogP contribution in [0.5, 0.6) is 5.75 Å².